The van der Waals surface area contributed by atoms with Crippen LogP contribution < -0.4 is 5.48 Å². The van der Waals surface area contributed by atoms with Crippen LogP contribution in [0.3, 0.4) is 0 Å². The highest BCUT2D eigenvalue weighted by molar-refractivity contribution is 4.91. The van der Waals surface area contributed by atoms with Crippen molar-refractivity contribution in [3.05, 3.63) is 0 Å². The molecule has 2 saturated heterocycles. The van der Waals surface area contributed by atoms with Crippen LogP contribution in [0.5, 0.6) is 0 Å². The monoisotopic (exact) mass is 311 g/mol. The number of aliphatic hydroxyl groups excluding tert-OH is 6. The Labute approximate surface area is 120 Å². The Hall–Kier alpha value is -0.400. The van der Waals surface area contributed by atoms with E-state index in [0.29, 0.717) is 0 Å². The van der Waals surface area contributed by atoms with Gasteiger partial charge >= 0.3 is 0 Å². The topological polar surface area (TPSA) is 161 Å². The molecule has 10 nitrogen and oxygen atoms in total. The van der Waals surface area contributed by atoms with E-state index in [1.807, 2.05) is 0 Å². The van der Waals surface area contributed by atoms with Gasteiger partial charge < -0.3 is 40.1 Å². The molecule has 10 heteroatoms. The lowest BCUT2D eigenvalue weighted by Crippen LogP contribution is -2.62. The van der Waals surface area contributed by atoms with Gasteiger partial charge in [0.15, 0.2) is 6.29 Å². The third kappa shape index (κ3) is 3.51. The molecule has 0 aromatic rings. The molecule has 8 atom stereocenters. The first kappa shape index (κ1) is 17.0. The van der Waals surface area contributed by atoms with E-state index in [0.717, 1.165) is 0 Å². The zero-order valence-electron chi connectivity index (χ0n) is 11.1. The van der Waals surface area contributed by atoms with E-state index >= 15 is 0 Å². The zero-order valence-corrected chi connectivity index (χ0v) is 11.1. The lowest BCUT2D eigenvalue weighted by molar-refractivity contribution is -0.334. The van der Waals surface area contributed by atoms with Crippen LogP contribution >= 0.6 is 0 Å². The van der Waals surface area contributed by atoms with E-state index in [-0.39, 0.29) is 6.54 Å². The molecular formula is C11H21NO9. The third-order valence-electron chi connectivity index (χ3n) is 3.59. The zero-order chi connectivity index (χ0) is 15.6. The molecule has 21 heavy (non-hydrogen) atoms. The molecule has 0 amide bonds. The van der Waals surface area contributed by atoms with Gasteiger partial charge in [0.1, 0.15) is 36.6 Å². The Morgan fingerprint density at radius 1 is 0.952 bits per heavy atom. The van der Waals surface area contributed by atoms with Crippen LogP contribution in [-0.2, 0) is 14.3 Å². The molecule has 2 heterocycles. The largest absolute Gasteiger partial charge is 0.394 e. The van der Waals surface area contributed by atoms with Crippen molar-refractivity contribution >= 4 is 0 Å². The molecule has 0 radical (unpaired) electrons. The smallest absolute Gasteiger partial charge is 0.187 e. The maximum Gasteiger partial charge on any atom is 0.187 e. The van der Waals surface area contributed by atoms with Crippen molar-refractivity contribution in [2.45, 2.75) is 49.0 Å². The molecular weight excluding hydrogens is 290 g/mol. The predicted molar refractivity (Wildman–Crippen MR) is 64.6 cm³/mol. The molecule has 0 saturated carbocycles. The van der Waals surface area contributed by atoms with Gasteiger partial charge in [0.25, 0.3) is 0 Å². The second-order valence-electron chi connectivity index (χ2n) is 5.05. The van der Waals surface area contributed by atoms with Crippen molar-refractivity contribution in [1.29, 1.82) is 0 Å². The van der Waals surface area contributed by atoms with Crippen molar-refractivity contribution in [2.75, 3.05) is 19.8 Å². The highest BCUT2D eigenvalue weighted by Gasteiger charge is 2.47. The minimum atomic E-state index is -1.58. The molecule has 2 rings (SSSR count). The van der Waals surface area contributed by atoms with Crippen LogP contribution in [0.4, 0.5) is 0 Å². The molecule has 124 valence electrons. The summed E-state index contributed by atoms with van der Waals surface area (Å²) in [4.78, 5) is 5.00. The van der Waals surface area contributed by atoms with Gasteiger partial charge in [0, 0.05) is 6.54 Å². The van der Waals surface area contributed by atoms with Crippen LogP contribution in [0.15, 0.2) is 0 Å². The second kappa shape index (κ2) is 7.24. The van der Waals surface area contributed by atoms with Gasteiger partial charge in [-0.15, -0.1) is 0 Å². The number of aliphatic hydroxyl groups is 6. The fourth-order valence-corrected chi connectivity index (χ4v) is 2.33. The molecule has 2 aliphatic heterocycles. The lowest BCUT2D eigenvalue weighted by Gasteiger charge is -2.43. The van der Waals surface area contributed by atoms with E-state index in [2.05, 4.69) is 5.48 Å². The summed E-state index contributed by atoms with van der Waals surface area (Å²) in [5.41, 5.74) is 2.43. The maximum absolute atomic E-state index is 9.85. The lowest BCUT2D eigenvalue weighted by atomic mass is 9.99. The van der Waals surface area contributed by atoms with Crippen LogP contribution in [-0.4, -0.2) is 99.4 Å². The molecule has 0 unspecified atom stereocenters. The maximum atomic E-state index is 9.85. The quantitative estimate of drug-likeness (QED) is 0.269. The minimum absolute atomic E-state index is 0.0403. The standard InChI is InChI=1S/C11H21NO9/c13-2-5-7(16)8(17)9(18)11(19-5)20-10-4(15)1-12-21-6(10)3-14/h4-18H,1-3H2/t4-,5-,6-,7-,8+,9-,10+,11+/m1/s1. The Balaban J connectivity index is 2.05. The average molecular weight is 311 g/mol. The van der Waals surface area contributed by atoms with Crippen molar-refractivity contribution in [3.63, 3.8) is 0 Å². The van der Waals surface area contributed by atoms with Crippen molar-refractivity contribution in [1.82, 2.24) is 5.48 Å². The number of nitrogens with one attached hydrogen (secondary N) is 1. The first-order valence-corrected chi connectivity index (χ1v) is 6.63. The van der Waals surface area contributed by atoms with Gasteiger partial charge in [0.2, 0.25) is 0 Å². The molecule has 0 spiro atoms. The third-order valence-corrected chi connectivity index (χ3v) is 3.59. The molecule has 2 fully saturated rings. The van der Waals surface area contributed by atoms with Crippen molar-refractivity contribution in [2.24, 2.45) is 0 Å². The van der Waals surface area contributed by atoms with Crippen LogP contribution in [0, 0.1) is 0 Å². The molecule has 2 aliphatic rings. The van der Waals surface area contributed by atoms with Crippen LogP contribution in [0.1, 0.15) is 0 Å². The highest BCUT2D eigenvalue weighted by Crippen LogP contribution is 2.25. The Morgan fingerprint density at radius 2 is 1.62 bits per heavy atom. The number of β-amino-alcohol motifs (C(OH)–C–C–N with tert-alkyl or cyclic N) is 1. The van der Waals surface area contributed by atoms with Crippen LogP contribution in [0.25, 0.3) is 0 Å². The minimum Gasteiger partial charge on any atom is -0.394 e. The summed E-state index contributed by atoms with van der Waals surface area (Å²) < 4.78 is 10.6. The SMILES string of the molecule is OC[C@H]1O[C@@H](O[C@H]2[C@H](O)CNO[C@@H]2CO)[C@H](O)[C@@H](O)[C@@H]1O. The van der Waals surface area contributed by atoms with Gasteiger partial charge in [-0.25, -0.2) is 0 Å². The number of rotatable bonds is 4. The second-order valence-corrected chi connectivity index (χ2v) is 5.05. The van der Waals surface area contributed by atoms with E-state index in [1.54, 1.807) is 0 Å². The number of ether oxygens (including phenoxy) is 2. The van der Waals surface area contributed by atoms with Crippen molar-refractivity contribution < 1.29 is 45.0 Å². The van der Waals surface area contributed by atoms with Crippen molar-refractivity contribution in [3.8, 4) is 0 Å². The first-order valence-electron chi connectivity index (χ1n) is 6.63. The van der Waals surface area contributed by atoms with E-state index < -0.39 is 62.2 Å². The van der Waals surface area contributed by atoms with Gasteiger partial charge in [-0.1, -0.05) is 0 Å². The highest BCUT2D eigenvalue weighted by atomic mass is 16.7. The Bertz CT molecular complexity index is 331. The Kier molecular flexibility index (Phi) is 5.85. The van der Waals surface area contributed by atoms with E-state index in [1.165, 1.54) is 0 Å². The molecule has 0 aromatic heterocycles. The molecule has 7 N–H and O–H groups in total. The predicted octanol–water partition coefficient (Wildman–Crippen LogP) is -4.57. The molecule has 0 aliphatic carbocycles. The van der Waals surface area contributed by atoms with Gasteiger partial charge in [-0.05, 0) is 0 Å². The number of hydrogen-bond donors (Lipinski definition) is 7. The Morgan fingerprint density at radius 3 is 2.24 bits per heavy atom. The van der Waals surface area contributed by atoms with E-state index in [9.17, 15) is 25.5 Å². The number of hydrogen-bond acceptors (Lipinski definition) is 10. The van der Waals surface area contributed by atoms with Crippen LogP contribution in [0.2, 0.25) is 0 Å². The summed E-state index contributed by atoms with van der Waals surface area (Å²) in [6.07, 6.45) is -10.1. The summed E-state index contributed by atoms with van der Waals surface area (Å²) in [5.74, 6) is 0. The summed E-state index contributed by atoms with van der Waals surface area (Å²) >= 11 is 0. The summed E-state index contributed by atoms with van der Waals surface area (Å²) in [5, 5.41) is 57.3. The summed E-state index contributed by atoms with van der Waals surface area (Å²) in [7, 11) is 0. The first-order chi connectivity index (χ1) is 9.99. The van der Waals surface area contributed by atoms with Gasteiger partial charge in [-0.2, -0.15) is 5.48 Å². The molecule has 0 bridgehead atoms. The fourth-order valence-electron chi connectivity index (χ4n) is 2.33. The van der Waals surface area contributed by atoms with Gasteiger partial charge in [0.05, 0.1) is 19.3 Å². The summed E-state index contributed by atoms with van der Waals surface area (Å²) in [6, 6.07) is 0. The molecule has 0 aromatic carbocycles. The average Bonchev–Trinajstić information content (AvgIpc) is 2.49. The number of hydroxylamine groups is 1. The van der Waals surface area contributed by atoms with Gasteiger partial charge in [-0.3, -0.25) is 4.84 Å². The van der Waals surface area contributed by atoms with E-state index in [4.69, 9.17) is 19.4 Å². The summed E-state index contributed by atoms with van der Waals surface area (Å²) in [6.45, 7) is -0.996. The fraction of sp³-hybridized carbons (Fsp3) is 1.00. The normalized spacial score (nSPS) is 48.3.